The molecule has 0 saturated carbocycles. The zero-order valence-corrected chi connectivity index (χ0v) is 43.1. The normalized spacial score (nSPS) is 17.9. The number of carbonyl (C=O) groups is 10. The molecular weight excluding hydrogens is 955 g/mol. The van der Waals surface area contributed by atoms with E-state index >= 15 is 0 Å². The van der Waals surface area contributed by atoms with Gasteiger partial charge in [0.2, 0.25) is 17.6 Å². The minimum Gasteiger partial charge on any atom is -0.493 e. The number of methoxy groups -OCH3 is 2. The highest BCUT2D eigenvalue weighted by Gasteiger charge is 2.53. The number of hydrogen-bond donors (Lipinski definition) is 3. The number of piperidine rings is 2. The second-order valence-electron chi connectivity index (χ2n) is 19.7. The summed E-state index contributed by atoms with van der Waals surface area (Å²) in [7, 11) is 3.09. The molecule has 2 fully saturated rings. The number of amides is 7. The van der Waals surface area contributed by atoms with Crippen LogP contribution in [0.5, 0.6) is 17.2 Å². The number of aryl methyl sites for hydroxylation is 1. The van der Waals surface area contributed by atoms with Gasteiger partial charge in [-0.25, -0.2) is 4.79 Å². The number of anilines is 1. The van der Waals surface area contributed by atoms with Gasteiger partial charge in [0, 0.05) is 49.9 Å². The van der Waals surface area contributed by atoms with Crippen molar-refractivity contribution in [1.29, 1.82) is 0 Å². The van der Waals surface area contributed by atoms with Gasteiger partial charge in [-0.1, -0.05) is 51.5 Å². The van der Waals surface area contributed by atoms with Gasteiger partial charge >= 0.3 is 5.97 Å². The number of fused-ring (bicyclic) bond motifs is 1. The lowest BCUT2D eigenvalue weighted by molar-refractivity contribution is -0.164. The van der Waals surface area contributed by atoms with Gasteiger partial charge in [-0.2, -0.15) is 0 Å². The molecule has 3 aromatic carbocycles. The average molecular weight is 1020 g/mol. The molecule has 0 spiro atoms. The quantitative estimate of drug-likeness (QED) is 0.0373. The van der Waals surface area contributed by atoms with Crippen LogP contribution in [0.25, 0.3) is 0 Å². The van der Waals surface area contributed by atoms with Crippen LogP contribution in [-0.4, -0.2) is 114 Å². The summed E-state index contributed by atoms with van der Waals surface area (Å²) >= 11 is 0. The molecule has 6 rings (SSSR count). The van der Waals surface area contributed by atoms with Crippen LogP contribution >= 0.6 is 0 Å². The van der Waals surface area contributed by atoms with Crippen LogP contribution in [-0.2, 0) is 49.5 Å². The molecule has 3 heterocycles. The first-order valence-corrected chi connectivity index (χ1v) is 25.3. The number of benzene rings is 3. The molecule has 0 bridgehead atoms. The van der Waals surface area contributed by atoms with E-state index in [9.17, 15) is 47.9 Å². The summed E-state index contributed by atoms with van der Waals surface area (Å²) < 4.78 is 22.8. The van der Waals surface area contributed by atoms with Gasteiger partial charge in [0.25, 0.3) is 29.5 Å². The maximum atomic E-state index is 14.1. The Labute approximate surface area is 430 Å². The summed E-state index contributed by atoms with van der Waals surface area (Å²) in [5.74, 6) is -4.41. The first-order chi connectivity index (χ1) is 35.3. The van der Waals surface area contributed by atoms with Crippen LogP contribution in [0.4, 0.5) is 5.69 Å². The third-order valence-corrected chi connectivity index (χ3v) is 14.1. The number of rotatable bonds is 25. The number of imide groups is 2. The lowest BCUT2D eigenvalue weighted by atomic mass is 9.84. The lowest BCUT2D eigenvalue weighted by Gasteiger charge is -2.38. The molecule has 74 heavy (non-hydrogen) atoms. The number of likely N-dealkylation sites (tertiary alicyclic amines) is 1. The van der Waals surface area contributed by atoms with E-state index in [1.165, 1.54) is 30.0 Å². The highest BCUT2D eigenvalue weighted by atomic mass is 16.5. The van der Waals surface area contributed by atoms with Crippen LogP contribution < -0.4 is 30.2 Å². The molecule has 3 aliphatic heterocycles. The van der Waals surface area contributed by atoms with Crippen molar-refractivity contribution >= 4 is 64.6 Å². The zero-order chi connectivity index (χ0) is 53.7. The zero-order valence-electron chi connectivity index (χ0n) is 43.1. The van der Waals surface area contributed by atoms with Crippen molar-refractivity contribution in [1.82, 2.24) is 20.4 Å². The van der Waals surface area contributed by atoms with E-state index in [0.29, 0.717) is 80.5 Å². The van der Waals surface area contributed by atoms with E-state index < -0.39 is 76.9 Å². The fourth-order valence-corrected chi connectivity index (χ4v) is 9.14. The Morgan fingerprint density at radius 1 is 0.838 bits per heavy atom. The van der Waals surface area contributed by atoms with Gasteiger partial charge in [-0.15, -0.1) is 0 Å². The monoisotopic (exact) mass is 1020 g/mol. The Morgan fingerprint density at radius 3 is 2.32 bits per heavy atom. The van der Waals surface area contributed by atoms with Crippen LogP contribution in [0.1, 0.15) is 149 Å². The first-order valence-electron chi connectivity index (χ1n) is 25.3. The maximum Gasteiger partial charge on any atom is 0.329 e. The Kier molecular flexibility index (Phi) is 18.9. The smallest absolute Gasteiger partial charge is 0.329 e. The van der Waals surface area contributed by atoms with Gasteiger partial charge in [0.05, 0.1) is 25.3 Å². The van der Waals surface area contributed by atoms with Crippen LogP contribution in [0.15, 0.2) is 60.7 Å². The fourth-order valence-electron chi connectivity index (χ4n) is 9.14. The van der Waals surface area contributed by atoms with E-state index in [1.807, 2.05) is 19.1 Å². The van der Waals surface area contributed by atoms with Gasteiger partial charge < -0.3 is 34.5 Å². The van der Waals surface area contributed by atoms with E-state index in [0.717, 1.165) is 10.5 Å². The minimum absolute atomic E-state index is 0.00501. The molecule has 0 unspecified atom stereocenters. The number of nitrogens with zero attached hydrogens (tertiary/aromatic N) is 2. The number of ether oxygens (including phenoxy) is 4. The topological polar surface area (TPSA) is 250 Å². The SMILES string of the molecule is CCC(C)(C)C(=O)C(=O)N1CCCC[C@H]1C(=O)O[C@H](CCc1ccc(OC)c(OC)c1)c1cccc(NC(=O)CCC(=O)CCCCCNC(=O)COc2cccc3c2C(=O)N([C@@]2(C)CCC(=O)NC2=O)C3=O)c1. The molecule has 0 radical (unpaired) electrons. The molecule has 3 aromatic rings. The van der Waals surface area contributed by atoms with Crippen LogP contribution in [0.2, 0.25) is 0 Å². The summed E-state index contributed by atoms with van der Waals surface area (Å²) in [6.45, 7) is 6.80. The molecule has 3 atom stereocenters. The number of Topliss-reactive ketones (excluding diaryl/α,β-unsaturated/α-hetero) is 2. The standard InChI is InChI=1S/C55H67N5O14/c1-7-54(2,3)48(65)51(68)59-30-12-10-19-39(59)52(69)74-40(24-21-34-22-25-41(71-5)43(31-34)72-6)35-15-13-16-36(32-35)57-44(62)26-23-37(61)17-9-8-11-29-56-46(64)33-73-42-20-14-18-38-47(42)50(67)60(49(38)66)55(4)28-27-45(63)58-53(55)70/h13-16,18,20,22,25,31-32,39-40H,7-12,17,19,21,23-24,26-30,33H2,1-6H3,(H,56,64)(H,57,62)(H,58,63,70)/t39-,40+,55-/m0/s1. The van der Waals surface area contributed by atoms with Crippen molar-refractivity contribution in [2.45, 2.75) is 135 Å². The van der Waals surface area contributed by atoms with E-state index in [2.05, 4.69) is 16.0 Å². The summed E-state index contributed by atoms with van der Waals surface area (Å²) in [5.41, 5.74) is -0.587. The second kappa shape index (κ2) is 25.0. The minimum atomic E-state index is -1.57. The van der Waals surface area contributed by atoms with Gasteiger partial charge in [-0.3, -0.25) is 53.4 Å². The van der Waals surface area contributed by atoms with E-state index in [-0.39, 0.29) is 73.8 Å². The third-order valence-electron chi connectivity index (χ3n) is 14.1. The van der Waals surface area contributed by atoms with Crippen LogP contribution in [0, 0.1) is 5.41 Å². The highest BCUT2D eigenvalue weighted by Crippen LogP contribution is 2.38. The molecule has 396 valence electrons. The van der Waals surface area contributed by atoms with Gasteiger partial charge in [0.15, 0.2) is 18.1 Å². The molecule has 2 saturated heterocycles. The van der Waals surface area contributed by atoms with E-state index in [4.69, 9.17) is 18.9 Å². The number of hydrogen-bond acceptors (Lipinski definition) is 14. The predicted molar refractivity (Wildman–Crippen MR) is 269 cm³/mol. The van der Waals surface area contributed by atoms with Crippen LogP contribution in [0.3, 0.4) is 0 Å². The lowest BCUT2D eigenvalue weighted by Crippen LogP contribution is -2.62. The van der Waals surface area contributed by atoms with Crippen molar-refractivity contribution in [3.8, 4) is 17.2 Å². The second-order valence-corrected chi connectivity index (χ2v) is 19.7. The number of ketones is 2. The Bertz CT molecular complexity index is 2660. The predicted octanol–water partition coefficient (Wildman–Crippen LogP) is 6.14. The Balaban J connectivity index is 0.961. The Hall–Kier alpha value is -7.44. The molecule has 3 aliphatic rings. The average Bonchev–Trinajstić information content (AvgIpc) is 3.66. The molecule has 0 aromatic heterocycles. The summed E-state index contributed by atoms with van der Waals surface area (Å²) in [6.07, 6.45) is 3.95. The molecule has 19 nitrogen and oxygen atoms in total. The summed E-state index contributed by atoms with van der Waals surface area (Å²) in [5, 5.41) is 7.78. The molecule has 3 N–H and O–H groups in total. The van der Waals surface area contributed by atoms with E-state index in [1.54, 1.807) is 58.4 Å². The molecular formula is C55H67N5O14. The third kappa shape index (κ3) is 13.4. The van der Waals surface area contributed by atoms with Gasteiger partial charge in [-0.05, 0) is 112 Å². The Morgan fingerprint density at radius 2 is 1.59 bits per heavy atom. The maximum absolute atomic E-state index is 14.1. The van der Waals surface area contributed by atoms with Gasteiger partial charge in [0.1, 0.15) is 29.2 Å². The number of carbonyl (C=O) groups excluding carboxylic acids is 10. The highest BCUT2D eigenvalue weighted by molar-refractivity contribution is 6.38. The number of unbranched alkanes of at least 4 members (excludes halogenated alkanes) is 2. The van der Waals surface area contributed by atoms with Crippen molar-refractivity contribution < 1.29 is 66.9 Å². The fraction of sp³-hybridized carbons (Fsp3) is 0.491. The largest absolute Gasteiger partial charge is 0.493 e. The van der Waals surface area contributed by atoms with Crippen molar-refractivity contribution in [2.24, 2.45) is 5.41 Å². The molecule has 0 aliphatic carbocycles. The van der Waals surface area contributed by atoms with Crippen molar-refractivity contribution in [3.63, 3.8) is 0 Å². The number of esters is 1. The van der Waals surface area contributed by atoms with Crippen molar-refractivity contribution in [3.05, 3.63) is 82.9 Å². The first kappa shape index (κ1) is 55.9. The summed E-state index contributed by atoms with van der Waals surface area (Å²) in [4.78, 5) is 133. The summed E-state index contributed by atoms with van der Waals surface area (Å²) in [6, 6.07) is 15.9. The van der Waals surface area contributed by atoms with Crippen molar-refractivity contribution in [2.75, 3.05) is 39.2 Å². The molecule has 7 amide bonds. The molecule has 19 heteroatoms. The number of nitrogens with one attached hydrogen (secondary N) is 3.